The molecule has 0 saturated carbocycles. The molecule has 0 bridgehead atoms. The molecule has 100 valence electrons. The van der Waals surface area contributed by atoms with Gasteiger partial charge in [-0.25, -0.2) is 0 Å². The van der Waals surface area contributed by atoms with Crippen LogP contribution in [0.4, 0.5) is 0 Å². The lowest BCUT2D eigenvalue weighted by Crippen LogP contribution is -2.51. The summed E-state index contributed by atoms with van der Waals surface area (Å²) in [6, 6.07) is 22.5. The molecule has 3 aromatic rings. The Labute approximate surface area is 118 Å². The molecule has 3 aromatic carbocycles. The normalized spacial score (nSPS) is 10.7. The third kappa shape index (κ3) is 2.51. The van der Waals surface area contributed by atoms with Crippen LogP contribution in [0, 0.1) is 0 Å². The molecular weight excluding hydrogens is 246 g/mol. The van der Waals surface area contributed by atoms with Gasteiger partial charge in [-0.2, -0.15) is 0 Å². The Kier molecular flexibility index (Phi) is 3.66. The molecule has 2 nitrogen and oxygen atoms in total. The molecule has 0 radical (unpaired) electrons. The van der Waals surface area contributed by atoms with Crippen LogP contribution in [-0.4, -0.2) is 6.54 Å². The van der Waals surface area contributed by atoms with Crippen LogP contribution in [0.2, 0.25) is 0 Å². The maximum atomic E-state index is 6.01. The van der Waals surface area contributed by atoms with Gasteiger partial charge < -0.3 is 10.5 Å². The lowest BCUT2D eigenvalue weighted by molar-refractivity contribution is -0.366. The van der Waals surface area contributed by atoms with E-state index in [1.807, 2.05) is 36.4 Å². The van der Waals surface area contributed by atoms with Crippen molar-refractivity contribution in [2.45, 2.75) is 6.42 Å². The van der Waals surface area contributed by atoms with Gasteiger partial charge in [-0.05, 0) is 29.1 Å². The van der Waals surface area contributed by atoms with Crippen molar-refractivity contribution in [2.75, 3.05) is 6.54 Å². The van der Waals surface area contributed by atoms with E-state index in [1.54, 1.807) is 0 Å². The van der Waals surface area contributed by atoms with E-state index in [0.29, 0.717) is 0 Å². The molecule has 3 rings (SSSR count). The molecule has 0 heterocycles. The van der Waals surface area contributed by atoms with Crippen LogP contribution >= 0.6 is 0 Å². The number of ether oxygens (including phenoxy) is 1. The van der Waals surface area contributed by atoms with E-state index in [-0.39, 0.29) is 0 Å². The van der Waals surface area contributed by atoms with E-state index in [4.69, 9.17) is 4.74 Å². The molecule has 0 aliphatic heterocycles. The first kappa shape index (κ1) is 12.7. The van der Waals surface area contributed by atoms with Crippen molar-refractivity contribution in [2.24, 2.45) is 0 Å². The van der Waals surface area contributed by atoms with Gasteiger partial charge in [0.05, 0.1) is 6.54 Å². The summed E-state index contributed by atoms with van der Waals surface area (Å²) in [5, 5.41) is 2.41. The van der Waals surface area contributed by atoms with E-state index < -0.39 is 0 Å². The van der Waals surface area contributed by atoms with Crippen molar-refractivity contribution in [1.82, 2.24) is 0 Å². The lowest BCUT2D eigenvalue weighted by Gasteiger charge is -2.11. The fourth-order valence-electron chi connectivity index (χ4n) is 2.45. The minimum absolute atomic E-state index is 0.863. The fourth-order valence-corrected chi connectivity index (χ4v) is 2.45. The van der Waals surface area contributed by atoms with Gasteiger partial charge in [0.1, 0.15) is 11.5 Å². The maximum absolute atomic E-state index is 6.01. The third-order valence-electron chi connectivity index (χ3n) is 3.39. The van der Waals surface area contributed by atoms with Gasteiger partial charge in [0, 0.05) is 11.8 Å². The average Bonchev–Trinajstić information content (AvgIpc) is 2.51. The fraction of sp³-hybridized carbons (Fsp3) is 0.111. The SMILES string of the molecule is [NH3+]CCc1ccc(Oc2ccccc2)c2ccccc12. The number of hydrogen-bond donors (Lipinski definition) is 1. The van der Waals surface area contributed by atoms with Gasteiger partial charge in [-0.1, -0.05) is 48.5 Å². The topological polar surface area (TPSA) is 36.9 Å². The van der Waals surface area contributed by atoms with E-state index in [9.17, 15) is 0 Å². The summed E-state index contributed by atoms with van der Waals surface area (Å²) in [6.45, 7) is 0.906. The van der Waals surface area contributed by atoms with Crippen LogP contribution in [0.25, 0.3) is 10.8 Å². The Balaban J connectivity index is 2.06. The third-order valence-corrected chi connectivity index (χ3v) is 3.39. The number of hydrogen-bond acceptors (Lipinski definition) is 1. The van der Waals surface area contributed by atoms with Crippen molar-refractivity contribution < 1.29 is 10.5 Å². The van der Waals surface area contributed by atoms with Gasteiger partial charge in [0.25, 0.3) is 0 Å². The summed E-state index contributed by atoms with van der Waals surface area (Å²) in [6.07, 6.45) is 0.992. The van der Waals surface area contributed by atoms with Crippen molar-refractivity contribution >= 4 is 10.8 Å². The Morgan fingerprint density at radius 1 is 0.750 bits per heavy atom. The van der Waals surface area contributed by atoms with Crippen LogP contribution < -0.4 is 10.5 Å². The molecule has 0 amide bonds. The largest absolute Gasteiger partial charge is 0.457 e. The number of para-hydroxylation sites is 1. The van der Waals surface area contributed by atoms with Gasteiger partial charge in [0.2, 0.25) is 0 Å². The van der Waals surface area contributed by atoms with Gasteiger partial charge in [-0.15, -0.1) is 0 Å². The average molecular weight is 264 g/mol. The standard InChI is InChI=1S/C18H17NO/c19-13-12-14-10-11-18(17-9-5-4-8-16(14)17)20-15-6-2-1-3-7-15/h1-11H,12-13,19H2/p+1. The molecule has 0 spiro atoms. The molecule has 3 N–H and O–H groups in total. The summed E-state index contributed by atoms with van der Waals surface area (Å²) in [5.41, 5.74) is 5.28. The summed E-state index contributed by atoms with van der Waals surface area (Å²) in [7, 11) is 0. The zero-order chi connectivity index (χ0) is 13.8. The Morgan fingerprint density at radius 3 is 2.20 bits per heavy atom. The number of benzene rings is 3. The van der Waals surface area contributed by atoms with Crippen molar-refractivity contribution in [1.29, 1.82) is 0 Å². The van der Waals surface area contributed by atoms with Crippen molar-refractivity contribution in [3.05, 3.63) is 72.3 Å². The van der Waals surface area contributed by atoms with E-state index in [1.165, 1.54) is 10.9 Å². The Bertz CT molecular complexity index is 707. The lowest BCUT2D eigenvalue weighted by atomic mass is 10.0. The zero-order valence-electron chi connectivity index (χ0n) is 11.4. The molecule has 0 aromatic heterocycles. The number of fused-ring (bicyclic) bond motifs is 1. The van der Waals surface area contributed by atoms with Crippen LogP contribution in [0.3, 0.4) is 0 Å². The second-order valence-electron chi connectivity index (χ2n) is 4.79. The first-order valence-electron chi connectivity index (χ1n) is 6.91. The number of quaternary nitrogens is 1. The predicted octanol–water partition coefficient (Wildman–Crippen LogP) is 3.42. The summed E-state index contributed by atoms with van der Waals surface area (Å²) in [4.78, 5) is 0. The molecule has 2 heteroatoms. The van der Waals surface area contributed by atoms with Crippen LogP contribution in [0.15, 0.2) is 66.7 Å². The van der Waals surface area contributed by atoms with Gasteiger partial charge in [-0.3, -0.25) is 0 Å². The first-order chi connectivity index (χ1) is 9.88. The minimum atomic E-state index is 0.863. The maximum Gasteiger partial charge on any atom is 0.135 e. The van der Waals surface area contributed by atoms with Crippen LogP contribution in [0.5, 0.6) is 11.5 Å². The first-order valence-corrected chi connectivity index (χ1v) is 6.91. The second kappa shape index (κ2) is 5.76. The summed E-state index contributed by atoms with van der Waals surface area (Å²) in [5.74, 6) is 1.77. The van der Waals surface area contributed by atoms with Gasteiger partial charge in [0.15, 0.2) is 0 Å². The molecule has 0 fully saturated rings. The van der Waals surface area contributed by atoms with Gasteiger partial charge >= 0.3 is 0 Å². The van der Waals surface area contributed by atoms with Crippen LogP contribution in [0.1, 0.15) is 5.56 Å². The van der Waals surface area contributed by atoms with Crippen molar-refractivity contribution in [3.8, 4) is 11.5 Å². The Morgan fingerprint density at radius 2 is 1.45 bits per heavy atom. The summed E-state index contributed by atoms with van der Waals surface area (Å²) < 4.78 is 6.01. The monoisotopic (exact) mass is 264 g/mol. The summed E-state index contributed by atoms with van der Waals surface area (Å²) >= 11 is 0. The molecule has 0 unspecified atom stereocenters. The van der Waals surface area contributed by atoms with Crippen molar-refractivity contribution in [3.63, 3.8) is 0 Å². The molecule has 0 atom stereocenters. The Hall–Kier alpha value is -2.32. The highest BCUT2D eigenvalue weighted by atomic mass is 16.5. The molecule has 0 aliphatic carbocycles. The molecule has 0 aliphatic rings. The predicted molar refractivity (Wildman–Crippen MR) is 81.9 cm³/mol. The minimum Gasteiger partial charge on any atom is -0.457 e. The van der Waals surface area contributed by atoms with Crippen LogP contribution in [-0.2, 0) is 6.42 Å². The highest BCUT2D eigenvalue weighted by molar-refractivity contribution is 5.91. The molecular formula is C18H18NO+. The van der Waals surface area contributed by atoms with E-state index >= 15 is 0 Å². The molecule has 0 saturated heterocycles. The van der Waals surface area contributed by atoms with E-state index in [0.717, 1.165) is 29.9 Å². The van der Waals surface area contributed by atoms with E-state index in [2.05, 4.69) is 36.1 Å². The smallest absolute Gasteiger partial charge is 0.135 e. The number of rotatable bonds is 4. The second-order valence-corrected chi connectivity index (χ2v) is 4.79. The molecule has 20 heavy (non-hydrogen) atoms. The zero-order valence-corrected chi connectivity index (χ0v) is 11.4. The quantitative estimate of drug-likeness (QED) is 0.770. The highest BCUT2D eigenvalue weighted by Gasteiger charge is 2.07. The highest BCUT2D eigenvalue weighted by Crippen LogP contribution is 2.32.